The second-order valence-corrected chi connectivity index (χ2v) is 8.77. The van der Waals surface area contributed by atoms with Gasteiger partial charge in [0.15, 0.2) is 0 Å². The number of carboxylic acid groups (broad SMARTS) is 1. The standard InChI is InChI=1S/C21H28N2O6S/c1-4-20(21(25)26)22-13-17(24)14-23(16-7-9-18(29-3)10-8-16)30(27,28)19-11-5-15(2)6-12-19/h5-12,17,20,22,24H,4,13-14H2,1-3H3,(H,25,26)/t17-,20+/m1/s1. The average molecular weight is 437 g/mol. The summed E-state index contributed by atoms with van der Waals surface area (Å²) in [4.78, 5) is 11.3. The lowest BCUT2D eigenvalue weighted by Crippen LogP contribution is -2.45. The Kier molecular flexibility index (Phi) is 8.22. The van der Waals surface area contributed by atoms with Crippen molar-refractivity contribution in [1.29, 1.82) is 0 Å². The Hall–Kier alpha value is -2.62. The quantitative estimate of drug-likeness (QED) is 0.493. The van der Waals surface area contributed by atoms with Crippen LogP contribution in [0.25, 0.3) is 0 Å². The first kappa shape index (κ1) is 23.7. The molecule has 0 saturated heterocycles. The van der Waals surface area contributed by atoms with Crippen LogP contribution in [0.1, 0.15) is 18.9 Å². The number of sulfonamides is 1. The average Bonchev–Trinajstić information content (AvgIpc) is 2.72. The van der Waals surface area contributed by atoms with E-state index in [-0.39, 0.29) is 18.0 Å². The predicted octanol–water partition coefficient (Wildman–Crippen LogP) is 2.01. The number of hydrogen-bond acceptors (Lipinski definition) is 6. The van der Waals surface area contributed by atoms with Crippen molar-refractivity contribution in [3.05, 3.63) is 54.1 Å². The lowest BCUT2D eigenvalue weighted by Gasteiger charge is -2.27. The minimum absolute atomic E-state index is 0.0686. The maximum Gasteiger partial charge on any atom is 0.320 e. The number of carboxylic acids is 1. The van der Waals surface area contributed by atoms with Crippen LogP contribution in [0.15, 0.2) is 53.4 Å². The van der Waals surface area contributed by atoms with E-state index in [1.807, 2.05) is 6.92 Å². The van der Waals surface area contributed by atoms with Crippen molar-refractivity contribution >= 4 is 21.7 Å². The summed E-state index contributed by atoms with van der Waals surface area (Å²) < 4.78 is 32.9. The Bertz CT molecular complexity index is 929. The third-order valence-corrected chi connectivity index (χ3v) is 6.46. The Morgan fingerprint density at radius 2 is 1.73 bits per heavy atom. The number of nitrogens with zero attached hydrogens (tertiary/aromatic N) is 1. The number of rotatable bonds is 11. The molecule has 0 spiro atoms. The van der Waals surface area contributed by atoms with Crippen LogP contribution < -0.4 is 14.4 Å². The fraction of sp³-hybridized carbons (Fsp3) is 0.381. The van der Waals surface area contributed by atoms with Gasteiger partial charge in [-0.15, -0.1) is 0 Å². The highest BCUT2D eigenvalue weighted by Gasteiger charge is 2.28. The van der Waals surface area contributed by atoms with E-state index in [1.54, 1.807) is 43.3 Å². The highest BCUT2D eigenvalue weighted by atomic mass is 32.2. The van der Waals surface area contributed by atoms with E-state index >= 15 is 0 Å². The molecular formula is C21H28N2O6S. The van der Waals surface area contributed by atoms with Gasteiger partial charge < -0.3 is 20.3 Å². The molecule has 2 aromatic carbocycles. The Labute approximate surface area is 177 Å². The van der Waals surface area contributed by atoms with Crippen LogP contribution in [-0.2, 0) is 14.8 Å². The summed E-state index contributed by atoms with van der Waals surface area (Å²) in [6.07, 6.45) is -0.785. The van der Waals surface area contributed by atoms with Crippen molar-refractivity contribution in [3.8, 4) is 5.75 Å². The number of benzene rings is 2. The molecule has 164 valence electrons. The van der Waals surface area contributed by atoms with Gasteiger partial charge in [0.25, 0.3) is 10.0 Å². The molecule has 2 atom stereocenters. The number of aryl methyl sites for hydroxylation is 1. The van der Waals surface area contributed by atoms with Gasteiger partial charge in [-0.05, 0) is 49.7 Å². The smallest absolute Gasteiger partial charge is 0.320 e. The van der Waals surface area contributed by atoms with Gasteiger partial charge in [0.05, 0.1) is 30.3 Å². The summed E-state index contributed by atoms with van der Waals surface area (Å²) in [5.74, 6) is -0.454. The SMILES string of the molecule is CC[C@H](NC[C@@H](O)CN(c1ccc(OC)cc1)S(=O)(=O)c1ccc(C)cc1)C(=O)O. The van der Waals surface area contributed by atoms with Gasteiger partial charge in [-0.3, -0.25) is 9.10 Å². The van der Waals surface area contributed by atoms with E-state index in [4.69, 9.17) is 9.84 Å². The first-order valence-electron chi connectivity index (χ1n) is 9.56. The Balaban J connectivity index is 2.31. The number of aliphatic carboxylic acids is 1. The molecule has 0 fully saturated rings. The minimum Gasteiger partial charge on any atom is -0.497 e. The molecular weight excluding hydrogens is 408 g/mol. The molecule has 0 aliphatic carbocycles. The largest absolute Gasteiger partial charge is 0.497 e. The molecule has 0 amide bonds. The molecule has 8 nitrogen and oxygen atoms in total. The zero-order chi connectivity index (χ0) is 22.3. The summed E-state index contributed by atoms with van der Waals surface area (Å²) in [5.41, 5.74) is 1.29. The summed E-state index contributed by atoms with van der Waals surface area (Å²) >= 11 is 0. The number of aliphatic hydroxyl groups is 1. The minimum atomic E-state index is -3.96. The number of hydrogen-bond donors (Lipinski definition) is 3. The van der Waals surface area contributed by atoms with Crippen molar-refractivity contribution in [2.75, 3.05) is 24.5 Å². The van der Waals surface area contributed by atoms with E-state index in [2.05, 4.69) is 5.32 Å². The van der Waals surface area contributed by atoms with Crippen molar-refractivity contribution in [3.63, 3.8) is 0 Å². The fourth-order valence-electron chi connectivity index (χ4n) is 2.87. The van der Waals surface area contributed by atoms with Gasteiger partial charge in [-0.1, -0.05) is 24.6 Å². The molecule has 9 heteroatoms. The molecule has 0 heterocycles. The van der Waals surface area contributed by atoms with Crippen LogP contribution in [-0.4, -0.2) is 56.9 Å². The van der Waals surface area contributed by atoms with Crippen LogP contribution in [0.4, 0.5) is 5.69 Å². The van der Waals surface area contributed by atoms with Gasteiger partial charge in [-0.25, -0.2) is 8.42 Å². The van der Waals surface area contributed by atoms with Crippen molar-refractivity contribution in [2.45, 2.75) is 37.3 Å². The summed E-state index contributed by atoms with van der Waals surface area (Å²) in [7, 11) is -2.45. The Morgan fingerprint density at radius 3 is 2.23 bits per heavy atom. The second-order valence-electron chi connectivity index (χ2n) is 6.91. The van der Waals surface area contributed by atoms with E-state index in [1.165, 1.54) is 19.2 Å². The molecule has 0 radical (unpaired) electrons. The van der Waals surface area contributed by atoms with E-state index in [9.17, 15) is 18.3 Å². The maximum absolute atomic E-state index is 13.3. The van der Waals surface area contributed by atoms with Crippen LogP contribution in [0.2, 0.25) is 0 Å². The normalized spacial score (nSPS) is 13.5. The van der Waals surface area contributed by atoms with Crippen LogP contribution in [0.3, 0.4) is 0 Å². The molecule has 0 unspecified atom stereocenters. The van der Waals surface area contributed by atoms with Gasteiger partial charge in [0, 0.05) is 6.54 Å². The van der Waals surface area contributed by atoms with Gasteiger partial charge in [-0.2, -0.15) is 0 Å². The second kappa shape index (κ2) is 10.4. The van der Waals surface area contributed by atoms with Crippen LogP contribution >= 0.6 is 0 Å². The first-order chi connectivity index (χ1) is 14.2. The van der Waals surface area contributed by atoms with Gasteiger partial charge in [0.2, 0.25) is 0 Å². The fourth-order valence-corrected chi connectivity index (χ4v) is 4.37. The third-order valence-electron chi connectivity index (χ3n) is 4.65. The molecule has 0 aliphatic rings. The zero-order valence-electron chi connectivity index (χ0n) is 17.3. The number of aliphatic hydroxyl groups excluding tert-OH is 1. The van der Waals surface area contributed by atoms with E-state index < -0.39 is 28.1 Å². The number of carbonyl (C=O) groups is 1. The van der Waals surface area contributed by atoms with Crippen molar-refractivity contribution in [1.82, 2.24) is 5.32 Å². The number of nitrogens with one attached hydrogen (secondary N) is 1. The summed E-state index contributed by atoms with van der Waals surface area (Å²) in [5, 5.41) is 22.4. The van der Waals surface area contributed by atoms with E-state index in [0.29, 0.717) is 17.9 Å². The van der Waals surface area contributed by atoms with E-state index in [0.717, 1.165) is 9.87 Å². The van der Waals surface area contributed by atoms with Crippen molar-refractivity contribution in [2.24, 2.45) is 0 Å². The van der Waals surface area contributed by atoms with Crippen LogP contribution in [0.5, 0.6) is 5.75 Å². The lowest BCUT2D eigenvalue weighted by atomic mass is 10.2. The molecule has 0 aromatic heterocycles. The monoisotopic (exact) mass is 436 g/mol. The molecule has 3 N–H and O–H groups in total. The molecule has 0 saturated carbocycles. The van der Waals surface area contributed by atoms with Crippen molar-refractivity contribution < 1.29 is 28.2 Å². The maximum atomic E-state index is 13.3. The molecule has 0 aliphatic heterocycles. The molecule has 30 heavy (non-hydrogen) atoms. The molecule has 2 rings (SSSR count). The third kappa shape index (κ3) is 5.94. The first-order valence-corrected chi connectivity index (χ1v) is 11.0. The lowest BCUT2D eigenvalue weighted by molar-refractivity contribution is -0.139. The Morgan fingerprint density at radius 1 is 1.13 bits per heavy atom. The number of anilines is 1. The topological polar surface area (TPSA) is 116 Å². The zero-order valence-corrected chi connectivity index (χ0v) is 18.1. The highest BCUT2D eigenvalue weighted by Crippen LogP contribution is 2.26. The van der Waals surface area contributed by atoms with Crippen LogP contribution in [0, 0.1) is 6.92 Å². The number of methoxy groups -OCH3 is 1. The highest BCUT2D eigenvalue weighted by molar-refractivity contribution is 7.92. The number of ether oxygens (including phenoxy) is 1. The molecule has 0 bridgehead atoms. The predicted molar refractivity (Wildman–Crippen MR) is 114 cm³/mol. The summed E-state index contributed by atoms with van der Waals surface area (Å²) in [6, 6.07) is 12.1. The molecule has 2 aromatic rings. The van der Waals surface area contributed by atoms with Gasteiger partial charge >= 0.3 is 5.97 Å². The summed E-state index contributed by atoms with van der Waals surface area (Å²) in [6.45, 7) is 3.26. The van der Waals surface area contributed by atoms with Gasteiger partial charge in [0.1, 0.15) is 11.8 Å².